The third-order valence-corrected chi connectivity index (χ3v) is 5.94. The highest BCUT2D eigenvalue weighted by Gasteiger charge is 2.15. The van der Waals surface area contributed by atoms with Gasteiger partial charge < -0.3 is 15.4 Å². The molecule has 0 saturated carbocycles. The van der Waals surface area contributed by atoms with Gasteiger partial charge in [0.2, 0.25) is 11.8 Å². The zero-order chi connectivity index (χ0) is 20.1. The number of carbonyl (C=O) groups is 2. The molecule has 2 N–H and O–H groups in total. The Morgan fingerprint density at radius 1 is 1.07 bits per heavy atom. The van der Waals surface area contributed by atoms with Gasteiger partial charge in [0.05, 0.1) is 23.8 Å². The number of carbonyl (C=O) groups excluding carboxylic acids is 2. The summed E-state index contributed by atoms with van der Waals surface area (Å²) < 4.78 is 5.24. The third-order valence-electron chi connectivity index (χ3n) is 4.12. The molecule has 0 atom stereocenters. The number of hydrogen-bond donors (Lipinski definition) is 1. The van der Waals surface area contributed by atoms with Crippen molar-refractivity contribution in [3.05, 3.63) is 63.6 Å². The molecule has 2 aromatic rings. The summed E-state index contributed by atoms with van der Waals surface area (Å²) in [6.45, 7) is 2.25. The molecular weight excluding hydrogens is 419 g/mol. The van der Waals surface area contributed by atoms with E-state index in [2.05, 4.69) is 0 Å². The molecule has 0 unspecified atom stereocenters. The topological polar surface area (TPSA) is 72.6 Å². The molecule has 1 aliphatic heterocycles. The van der Waals surface area contributed by atoms with Gasteiger partial charge in [0.1, 0.15) is 0 Å². The maximum absolute atomic E-state index is 12.2. The summed E-state index contributed by atoms with van der Waals surface area (Å²) in [6.07, 6.45) is 3.17. The van der Waals surface area contributed by atoms with Crippen LogP contribution in [0.1, 0.15) is 15.9 Å². The number of benzene rings is 2. The van der Waals surface area contributed by atoms with Gasteiger partial charge in [0.15, 0.2) is 0 Å². The molecule has 0 radical (unpaired) electrons. The quantitative estimate of drug-likeness (QED) is 0.715. The van der Waals surface area contributed by atoms with Crippen LogP contribution in [-0.4, -0.2) is 43.0 Å². The molecule has 1 fully saturated rings. The van der Waals surface area contributed by atoms with E-state index in [1.54, 1.807) is 41.3 Å². The Hall–Kier alpha value is -1.99. The number of hydrogen-bond acceptors (Lipinski definition) is 4. The van der Waals surface area contributed by atoms with E-state index in [0.717, 1.165) is 4.90 Å². The standard InChI is InChI=1S/C20H18Cl2N2O3S/c21-14-3-5-18(16(22)12-14)28-17-4-1-13(11-15(17)20(23)26)2-6-19(25)24-7-9-27-10-8-24/h1-6,11-12H,7-10H2,(H2,23,26)/b6-2+. The van der Waals surface area contributed by atoms with Crippen LogP contribution in [0.15, 0.2) is 52.3 Å². The predicted octanol–water partition coefficient (Wildman–Crippen LogP) is 4.12. The average molecular weight is 437 g/mol. The second kappa shape index (κ2) is 9.47. The van der Waals surface area contributed by atoms with E-state index in [1.807, 2.05) is 6.07 Å². The minimum absolute atomic E-state index is 0.0877. The van der Waals surface area contributed by atoms with Crippen molar-refractivity contribution in [1.82, 2.24) is 4.90 Å². The Morgan fingerprint density at radius 2 is 1.79 bits per heavy atom. The normalized spacial score (nSPS) is 14.4. The maximum atomic E-state index is 12.2. The number of morpholine rings is 1. The summed E-state index contributed by atoms with van der Waals surface area (Å²) in [6, 6.07) is 10.4. The van der Waals surface area contributed by atoms with Crippen LogP contribution in [0.5, 0.6) is 0 Å². The van der Waals surface area contributed by atoms with Crippen molar-refractivity contribution < 1.29 is 14.3 Å². The van der Waals surface area contributed by atoms with Gasteiger partial charge in [-0.3, -0.25) is 9.59 Å². The van der Waals surface area contributed by atoms with Gasteiger partial charge in [-0.1, -0.05) is 41.0 Å². The van der Waals surface area contributed by atoms with Crippen molar-refractivity contribution in [3.8, 4) is 0 Å². The van der Waals surface area contributed by atoms with Gasteiger partial charge in [-0.15, -0.1) is 0 Å². The van der Waals surface area contributed by atoms with E-state index in [9.17, 15) is 9.59 Å². The molecule has 0 aromatic heterocycles. The van der Waals surface area contributed by atoms with E-state index in [0.29, 0.717) is 52.4 Å². The summed E-state index contributed by atoms with van der Waals surface area (Å²) in [4.78, 5) is 27.3. The number of nitrogens with two attached hydrogens (primary N) is 1. The van der Waals surface area contributed by atoms with Crippen molar-refractivity contribution in [1.29, 1.82) is 0 Å². The molecule has 1 saturated heterocycles. The van der Waals surface area contributed by atoms with Gasteiger partial charge in [0.25, 0.3) is 0 Å². The van der Waals surface area contributed by atoms with Crippen LogP contribution >= 0.6 is 35.0 Å². The van der Waals surface area contributed by atoms with Crippen molar-refractivity contribution in [3.63, 3.8) is 0 Å². The molecular formula is C20H18Cl2N2O3S. The van der Waals surface area contributed by atoms with E-state index in [-0.39, 0.29) is 5.91 Å². The average Bonchev–Trinajstić information content (AvgIpc) is 2.69. The molecule has 1 heterocycles. The molecule has 0 bridgehead atoms. The Kier molecular flexibility index (Phi) is 7.02. The number of rotatable bonds is 5. The first-order valence-electron chi connectivity index (χ1n) is 8.55. The van der Waals surface area contributed by atoms with Gasteiger partial charge in [-0.25, -0.2) is 0 Å². The number of primary amides is 1. The largest absolute Gasteiger partial charge is 0.378 e. The summed E-state index contributed by atoms with van der Waals surface area (Å²) in [5.41, 5.74) is 6.62. The number of nitrogens with zero attached hydrogens (tertiary/aromatic N) is 1. The van der Waals surface area contributed by atoms with Gasteiger partial charge >= 0.3 is 0 Å². The first-order chi connectivity index (χ1) is 13.4. The molecule has 3 rings (SSSR count). The van der Waals surface area contributed by atoms with E-state index < -0.39 is 5.91 Å². The van der Waals surface area contributed by atoms with Crippen LogP contribution in [0.3, 0.4) is 0 Å². The number of halogens is 2. The van der Waals surface area contributed by atoms with E-state index in [1.165, 1.54) is 17.8 Å². The predicted molar refractivity (Wildman–Crippen MR) is 112 cm³/mol. The maximum Gasteiger partial charge on any atom is 0.249 e. The lowest BCUT2D eigenvalue weighted by atomic mass is 10.1. The molecule has 146 valence electrons. The SMILES string of the molecule is NC(=O)c1cc(/C=C/C(=O)N2CCOCC2)ccc1Sc1ccc(Cl)cc1Cl. The Bertz CT molecular complexity index is 928. The Labute approximate surface area is 177 Å². The first-order valence-corrected chi connectivity index (χ1v) is 10.1. The van der Waals surface area contributed by atoms with Crippen LogP contribution in [0.4, 0.5) is 0 Å². The highest BCUT2D eigenvalue weighted by Crippen LogP contribution is 2.36. The zero-order valence-electron chi connectivity index (χ0n) is 14.9. The summed E-state index contributed by atoms with van der Waals surface area (Å²) in [5.74, 6) is -0.641. The van der Waals surface area contributed by atoms with Crippen LogP contribution in [0.2, 0.25) is 10.0 Å². The fourth-order valence-corrected chi connectivity index (χ4v) is 4.13. The number of ether oxygens (including phenoxy) is 1. The zero-order valence-corrected chi connectivity index (χ0v) is 17.2. The van der Waals surface area contributed by atoms with Crippen LogP contribution in [0.25, 0.3) is 6.08 Å². The van der Waals surface area contributed by atoms with E-state index >= 15 is 0 Å². The lowest BCUT2D eigenvalue weighted by Gasteiger charge is -2.25. The molecule has 2 aromatic carbocycles. The Morgan fingerprint density at radius 3 is 2.46 bits per heavy atom. The van der Waals surface area contributed by atoms with Gasteiger partial charge in [0, 0.05) is 34.0 Å². The third kappa shape index (κ3) is 5.29. The smallest absolute Gasteiger partial charge is 0.249 e. The summed E-state index contributed by atoms with van der Waals surface area (Å²) >= 11 is 13.5. The second-order valence-corrected chi connectivity index (χ2v) is 8.00. The van der Waals surface area contributed by atoms with Crippen molar-refractivity contribution in [2.45, 2.75) is 9.79 Å². The molecule has 2 amide bonds. The van der Waals surface area contributed by atoms with Crippen LogP contribution in [0, 0.1) is 0 Å². The Balaban J connectivity index is 1.79. The van der Waals surface area contributed by atoms with Gasteiger partial charge in [-0.05, 0) is 42.0 Å². The first kappa shape index (κ1) is 20.7. The molecule has 8 heteroatoms. The second-order valence-electron chi connectivity index (χ2n) is 6.07. The van der Waals surface area contributed by atoms with Crippen molar-refractivity contribution in [2.24, 2.45) is 5.73 Å². The molecule has 1 aliphatic rings. The highest BCUT2D eigenvalue weighted by molar-refractivity contribution is 7.99. The van der Waals surface area contributed by atoms with E-state index in [4.69, 9.17) is 33.7 Å². The van der Waals surface area contributed by atoms with Crippen LogP contribution < -0.4 is 5.73 Å². The molecule has 5 nitrogen and oxygen atoms in total. The molecule has 28 heavy (non-hydrogen) atoms. The lowest BCUT2D eigenvalue weighted by Crippen LogP contribution is -2.39. The summed E-state index contributed by atoms with van der Waals surface area (Å²) in [7, 11) is 0. The number of amides is 2. The monoisotopic (exact) mass is 436 g/mol. The minimum atomic E-state index is -0.553. The highest BCUT2D eigenvalue weighted by atomic mass is 35.5. The fourth-order valence-electron chi connectivity index (χ4n) is 2.67. The summed E-state index contributed by atoms with van der Waals surface area (Å²) in [5, 5.41) is 1.03. The minimum Gasteiger partial charge on any atom is -0.378 e. The lowest BCUT2D eigenvalue weighted by molar-refractivity contribution is -0.129. The van der Waals surface area contributed by atoms with Crippen molar-refractivity contribution in [2.75, 3.05) is 26.3 Å². The van der Waals surface area contributed by atoms with Crippen LogP contribution in [-0.2, 0) is 9.53 Å². The molecule has 0 spiro atoms. The van der Waals surface area contributed by atoms with Crippen molar-refractivity contribution >= 4 is 52.9 Å². The fraction of sp³-hybridized carbons (Fsp3) is 0.200. The van der Waals surface area contributed by atoms with Gasteiger partial charge in [-0.2, -0.15) is 0 Å². The molecule has 0 aliphatic carbocycles.